The molecular weight excluding hydrogens is 212 g/mol. The standard InChI is InChI=1S/C13H24N4/c1-3-8-17(13-5-4-7-14-10-13)11-12-6-9-16(2)15-12/h6,9,13-14H,3-5,7-8,10-11H2,1-2H3. The van der Waals surface area contributed by atoms with Gasteiger partial charge in [0.1, 0.15) is 0 Å². The number of nitrogens with one attached hydrogen (secondary N) is 1. The molecule has 2 rings (SSSR count). The lowest BCUT2D eigenvalue weighted by molar-refractivity contribution is 0.156. The van der Waals surface area contributed by atoms with Gasteiger partial charge in [0.15, 0.2) is 0 Å². The fourth-order valence-corrected chi connectivity index (χ4v) is 2.58. The Balaban J connectivity index is 1.95. The molecule has 1 saturated heterocycles. The normalized spacial score (nSPS) is 21.0. The molecule has 1 aromatic heterocycles. The van der Waals surface area contributed by atoms with E-state index < -0.39 is 0 Å². The molecule has 0 aliphatic carbocycles. The zero-order valence-corrected chi connectivity index (χ0v) is 11.0. The van der Waals surface area contributed by atoms with Crippen molar-refractivity contribution in [3.05, 3.63) is 18.0 Å². The van der Waals surface area contributed by atoms with Crippen LogP contribution in [0.5, 0.6) is 0 Å². The minimum atomic E-state index is 0.686. The molecule has 1 fully saturated rings. The van der Waals surface area contributed by atoms with E-state index in [1.807, 2.05) is 17.9 Å². The third kappa shape index (κ3) is 3.54. The number of nitrogens with zero attached hydrogens (tertiary/aromatic N) is 3. The molecule has 17 heavy (non-hydrogen) atoms. The maximum absolute atomic E-state index is 4.48. The summed E-state index contributed by atoms with van der Waals surface area (Å²) in [5.41, 5.74) is 1.19. The highest BCUT2D eigenvalue weighted by Crippen LogP contribution is 2.14. The summed E-state index contributed by atoms with van der Waals surface area (Å²) in [6.45, 7) is 6.72. The summed E-state index contributed by atoms with van der Waals surface area (Å²) in [5, 5.41) is 7.98. The zero-order valence-electron chi connectivity index (χ0n) is 11.0. The Morgan fingerprint density at radius 3 is 3.06 bits per heavy atom. The van der Waals surface area contributed by atoms with Crippen LogP contribution in [0.15, 0.2) is 12.3 Å². The summed E-state index contributed by atoms with van der Waals surface area (Å²) in [5.74, 6) is 0. The number of aryl methyl sites for hydroxylation is 1. The van der Waals surface area contributed by atoms with Crippen LogP contribution in [-0.4, -0.2) is 40.4 Å². The van der Waals surface area contributed by atoms with Gasteiger partial charge in [0.05, 0.1) is 5.69 Å². The molecule has 0 bridgehead atoms. The van der Waals surface area contributed by atoms with Crippen molar-refractivity contribution in [2.45, 2.75) is 38.8 Å². The van der Waals surface area contributed by atoms with Crippen LogP contribution < -0.4 is 5.32 Å². The first kappa shape index (κ1) is 12.6. The molecular formula is C13H24N4. The maximum Gasteiger partial charge on any atom is 0.0764 e. The van der Waals surface area contributed by atoms with Crippen LogP contribution in [0.2, 0.25) is 0 Å². The average Bonchev–Trinajstić information content (AvgIpc) is 2.75. The topological polar surface area (TPSA) is 33.1 Å². The first-order valence-corrected chi connectivity index (χ1v) is 6.73. The second-order valence-corrected chi connectivity index (χ2v) is 4.95. The summed E-state index contributed by atoms with van der Waals surface area (Å²) in [4.78, 5) is 2.58. The summed E-state index contributed by atoms with van der Waals surface area (Å²) in [6.07, 6.45) is 5.86. The molecule has 1 aliphatic rings. The van der Waals surface area contributed by atoms with Gasteiger partial charge in [-0.25, -0.2) is 0 Å². The highest BCUT2D eigenvalue weighted by Gasteiger charge is 2.20. The van der Waals surface area contributed by atoms with Gasteiger partial charge in [-0.3, -0.25) is 9.58 Å². The van der Waals surface area contributed by atoms with Gasteiger partial charge in [-0.1, -0.05) is 6.92 Å². The Hall–Kier alpha value is -0.870. The summed E-state index contributed by atoms with van der Waals surface area (Å²) >= 11 is 0. The average molecular weight is 236 g/mol. The largest absolute Gasteiger partial charge is 0.315 e. The molecule has 96 valence electrons. The molecule has 0 saturated carbocycles. The molecule has 0 spiro atoms. The van der Waals surface area contributed by atoms with Crippen molar-refractivity contribution < 1.29 is 0 Å². The van der Waals surface area contributed by atoms with Crippen molar-refractivity contribution in [2.75, 3.05) is 19.6 Å². The third-order valence-electron chi connectivity index (χ3n) is 3.43. The monoisotopic (exact) mass is 236 g/mol. The maximum atomic E-state index is 4.48. The van der Waals surface area contributed by atoms with Crippen LogP contribution >= 0.6 is 0 Å². The van der Waals surface area contributed by atoms with Crippen LogP contribution in [-0.2, 0) is 13.6 Å². The van der Waals surface area contributed by atoms with Crippen LogP contribution in [0.3, 0.4) is 0 Å². The predicted molar refractivity (Wildman–Crippen MR) is 69.8 cm³/mol. The minimum absolute atomic E-state index is 0.686. The molecule has 1 atom stereocenters. The highest BCUT2D eigenvalue weighted by atomic mass is 15.3. The lowest BCUT2D eigenvalue weighted by atomic mass is 10.1. The fourth-order valence-electron chi connectivity index (χ4n) is 2.58. The van der Waals surface area contributed by atoms with Gasteiger partial charge in [-0.15, -0.1) is 0 Å². The van der Waals surface area contributed by atoms with Gasteiger partial charge in [0.25, 0.3) is 0 Å². The van der Waals surface area contributed by atoms with E-state index >= 15 is 0 Å². The lowest BCUT2D eigenvalue weighted by Crippen LogP contribution is -2.46. The Bertz CT molecular complexity index is 328. The number of hydrogen-bond donors (Lipinski definition) is 1. The predicted octanol–water partition coefficient (Wildman–Crippen LogP) is 1.38. The second kappa shape index (κ2) is 6.17. The van der Waals surface area contributed by atoms with E-state index in [2.05, 4.69) is 28.3 Å². The van der Waals surface area contributed by atoms with E-state index in [4.69, 9.17) is 0 Å². The Labute approximate surface area is 104 Å². The summed E-state index contributed by atoms with van der Waals surface area (Å²) in [7, 11) is 1.98. The SMILES string of the molecule is CCCN(Cc1ccn(C)n1)C1CCCNC1. The van der Waals surface area contributed by atoms with Gasteiger partial charge in [0.2, 0.25) is 0 Å². The number of hydrogen-bond acceptors (Lipinski definition) is 3. The molecule has 2 heterocycles. The molecule has 1 N–H and O–H groups in total. The third-order valence-corrected chi connectivity index (χ3v) is 3.43. The van der Waals surface area contributed by atoms with Crippen molar-refractivity contribution in [3.8, 4) is 0 Å². The van der Waals surface area contributed by atoms with Crippen LogP contribution in [0.4, 0.5) is 0 Å². The number of piperidine rings is 1. The van der Waals surface area contributed by atoms with Crippen LogP contribution in [0.1, 0.15) is 31.9 Å². The van der Waals surface area contributed by atoms with Gasteiger partial charge in [0, 0.05) is 32.4 Å². The first-order chi connectivity index (χ1) is 8.29. The number of aromatic nitrogens is 2. The smallest absolute Gasteiger partial charge is 0.0764 e. The molecule has 4 heteroatoms. The van der Waals surface area contributed by atoms with Crippen molar-refractivity contribution in [3.63, 3.8) is 0 Å². The Morgan fingerprint density at radius 2 is 2.47 bits per heavy atom. The van der Waals surface area contributed by atoms with Crippen molar-refractivity contribution in [1.29, 1.82) is 0 Å². The van der Waals surface area contributed by atoms with Crippen molar-refractivity contribution in [2.24, 2.45) is 7.05 Å². The fraction of sp³-hybridized carbons (Fsp3) is 0.769. The van der Waals surface area contributed by atoms with Gasteiger partial charge in [-0.2, -0.15) is 5.10 Å². The van der Waals surface area contributed by atoms with E-state index in [-0.39, 0.29) is 0 Å². The lowest BCUT2D eigenvalue weighted by Gasteiger charge is -2.34. The summed E-state index contributed by atoms with van der Waals surface area (Å²) < 4.78 is 1.89. The molecule has 0 aromatic carbocycles. The van der Waals surface area contributed by atoms with E-state index in [9.17, 15) is 0 Å². The molecule has 0 radical (unpaired) electrons. The zero-order chi connectivity index (χ0) is 12.1. The van der Waals surface area contributed by atoms with Crippen LogP contribution in [0.25, 0.3) is 0 Å². The van der Waals surface area contributed by atoms with E-state index in [1.165, 1.54) is 38.0 Å². The van der Waals surface area contributed by atoms with Crippen LogP contribution in [0, 0.1) is 0 Å². The highest BCUT2D eigenvalue weighted by molar-refractivity contribution is 4.99. The molecule has 4 nitrogen and oxygen atoms in total. The quantitative estimate of drug-likeness (QED) is 0.838. The van der Waals surface area contributed by atoms with E-state index in [0.29, 0.717) is 6.04 Å². The summed E-state index contributed by atoms with van der Waals surface area (Å²) in [6, 6.07) is 2.81. The van der Waals surface area contributed by atoms with Crippen molar-refractivity contribution in [1.82, 2.24) is 20.0 Å². The molecule has 1 aromatic rings. The second-order valence-electron chi connectivity index (χ2n) is 4.95. The van der Waals surface area contributed by atoms with E-state index in [0.717, 1.165) is 13.1 Å². The molecule has 0 amide bonds. The molecule has 1 unspecified atom stereocenters. The number of rotatable bonds is 5. The van der Waals surface area contributed by atoms with Crippen molar-refractivity contribution >= 4 is 0 Å². The Kier molecular flexibility index (Phi) is 4.57. The Morgan fingerprint density at radius 1 is 1.59 bits per heavy atom. The molecule has 1 aliphatic heterocycles. The van der Waals surface area contributed by atoms with E-state index in [1.54, 1.807) is 0 Å². The van der Waals surface area contributed by atoms with Gasteiger partial charge < -0.3 is 5.32 Å². The first-order valence-electron chi connectivity index (χ1n) is 6.73. The van der Waals surface area contributed by atoms with Gasteiger partial charge >= 0.3 is 0 Å². The van der Waals surface area contributed by atoms with Gasteiger partial charge in [-0.05, 0) is 38.4 Å². The minimum Gasteiger partial charge on any atom is -0.315 e.